The second-order valence-electron chi connectivity index (χ2n) is 7.71. The summed E-state index contributed by atoms with van der Waals surface area (Å²) in [6.07, 6.45) is 0. The van der Waals surface area contributed by atoms with Crippen LogP contribution in [-0.2, 0) is 6.54 Å². The van der Waals surface area contributed by atoms with Gasteiger partial charge in [-0.05, 0) is 36.4 Å². The fourth-order valence-electron chi connectivity index (χ4n) is 3.83. The molecule has 1 aliphatic rings. The number of anilines is 1. The van der Waals surface area contributed by atoms with Gasteiger partial charge in [0.1, 0.15) is 12.4 Å². The molecule has 1 heterocycles. The topological polar surface area (TPSA) is 53.9 Å². The van der Waals surface area contributed by atoms with Gasteiger partial charge in [-0.15, -0.1) is 0 Å². The summed E-state index contributed by atoms with van der Waals surface area (Å²) < 4.78 is 13.1. The molecule has 0 aliphatic carbocycles. The number of rotatable bonds is 5. The van der Waals surface area contributed by atoms with Crippen molar-refractivity contribution in [2.45, 2.75) is 6.54 Å². The quantitative estimate of drug-likeness (QED) is 0.669. The largest absolute Gasteiger partial charge is 0.328 e. The van der Waals surface area contributed by atoms with Gasteiger partial charge in [-0.2, -0.15) is 0 Å². The molecule has 1 saturated heterocycles. The van der Waals surface area contributed by atoms with E-state index in [1.165, 1.54) is 34.7 Å². The first-order chi connectivity index (χ1) is 15.1. The molecule has 3 aromatic rings. The molecule has 6 heteroatoms. The van der Waals surface area contributed by atoms with Gasteiger partial charge in [0.15, 0.2) is 0 Å². The minimum atomic E-state index is -0.402. The predicted octanol–water partition coefficient (Wildman–Crippen LogP) is 2.62. The van der Waals surface area contributed by atoms with Gasteiger partial charge in [-0.3, -0.25) is 9.59 Å². The summed E-state index contributed by atoms with van der Waals surface area (Å²) in [5, 5.41) is 2.79. The van der Waals surface area contributed by atoms with E-state index in [0.29, 0.717) is 29.9 Å². The molecule has 2 N–H and O–H groups in total. The maximum atomic E-state index is 13.2. The number of nitrogens with one attached hydrogen (secondary N) is 2. The van der Waals surface area contributed by atoms with Crippen molar-refractivity contribution in [3.63, 3.8) is 0 Å². The van der Waals surface area contributed by atoms with E-state index in [1.54, 1.807) is 24.3 Å². The number of carbonyl (C=O) groups is 2. The summed E-state index contributed by atoms with van der Waals surface area (Å²) in [4.78, 5) is 29.0. The van der Waals surface area contributed by atoms with Gasteiger partial charge in [-0.1, -0.05) is 42.5 Å². The molecule has 1 fully saturated rings. The normalized spacial score (nSPS) is 14.3. The van der Waals surface area contributed by atoms with Gasteiger partial charge < -0.3 is 15.1 Å². The number of carbonyl (C=O) groups excluding carboxylic acids is 2. The molecule has 2 amide bonds. The Bertz CT molecular complexity index is 1050. The molecule has 0 spiro atoms. The molecule has 3 aromatic carbocycles. The van der Waals surface area contributed by atoms with Crippen molar-refractivity contribution in [2.24, 2.45) is 0 Å². The number of hydrogen-bond donors (Lipinski definition) is 2. The Labute approximate surface area is 181 Å². The van der Waals surface area contributed by atoms with Crippen LogP contribution in [0.15, 0.2) is 78.9 Å². The lowest BCUT2D eigenvalue weighted by Gasteiger charge is -2.32. The lowest BCUT2D eigenvalue weighted by atomic mass is 10.1. The highest BCUT2D eigenvalue weighted by molar-refractivity contribution is 6.09. The predicted molar refractivity (Wildman–Crippen MR) is 118 cm³/mol. The van der Waals surface area contributed by atoms with E-state index in [4.69, 9.17) is 0 Å². The van der Waals surface area contributed by atoms with Crippen LogP contribution in [-0.4, -0.2) is 42.9 Å². The molecule has 0 radical (unpaired) electrons. The zero-order valence-electron chi connectivity index (χ0n) is 17.2. The number of benzene rings is 3. The van der Waals surface area contributed by atoms with Crippen LogP contribution in [0.4, 0.5) is 10.1 Å². The summed E-state index contributed by atoms with van der Waals surface area (Å²) in [5.74, 6) is -0.869. The number of quaternary nitrogens is 1. The van der Waals surface area contributed by atoms with Crippen LogP contribution in [0.25, 0.3) is 0 Å². The van der Waals surface area contributed by atoms with E-state index >= 15 is 0 Å². The minimum absolute atomic E-state index is 0.0891. The standard InChI is InChI=1S/C25H24FN3O2/c26-21-12-10-20(11-13-21)24(30)27-23-9-5-4-8-22(23)25(31)29-16-14-28(15-17-29)18-19-6-2-1-3-7-19/h1-13H,14-18H2,(H,27,30)/p+1. The molecule has 0 atom stereocenters. The summed E-state index contributed by atoms with van der Waals surface area (Å²) in [5.41, 5.74) is 2.55. The average Bonchev–Trinajstić information content (AvgIpc) is 2.80. The summed E-state index contributed by atoms with van der Waals surface area (Å²) in [6, 6.07) is 22.7. The minimum Gasteiger partial charge on any atom is -0.328 e. The third-order valence-electron chi connectivity index (χ3n) is 5.57. The van der Waals surface area contributed by atoms with Crippen LogP contribution in [0.3, 0.4) is 0 Å². The highest BCUT2D eigenvalue weighted by Crippen LogP contribution is 2.19. The maximum absolute atomic E-state index is 13.2. The fraction of sp³-hybridized carbons (Fsp3) is 0.200. The third kappa shape index (κ3) is 5.16. The van der Waals surface area contributed by atoms with Gasteiger partial charge in [0.05, 0.1) is 37.4 Å². The summed E-state index contributed by atoms with van der Waals surface area (Å²) in [6.45, 7) is 4.05. The molecule has 0 saturated carbocycles. The van der Waals surface area contributed by atoms with Crippen LogP contribution in [0, 0.1) is 5.82 Å². The molecule has 5 nitrogen and oxygen atoms in total. The Hall–Kier alpha value is -3.51. The van der Waals surface area contributed by atoms with Gasteiger partial charge >= 0.3 is 0 Å². The van der Waals surface area contributed by atoms with E-state index in [2.05, 4.69) is 17.4 Å². The van der Waals surface area contributed by atoms with Crippen molar-refractivity contribution in [1.82, 2.24) is 4.90 Å². The fourth-order valence-corrected chi connectivity index (χ4v) is 3.83. The molecule has 31 heavy (non-hydrogen) atoms. The highest BCUT2D eigenvalue weighted by atomic mass is 19.1. The second-order valence-corrected chi connectivity index (χ2v) is 7.71. The molecule has 0 unspecified atom stereocenters. The van der Waals surface area contributed by atoms with Gasteiger partial charge in [0.25, 0.3) is 11.8 Å². The van der Waals surface area contributed by atoms with Crippen LogP contribution in [0.1, 0.15) is 26.3 Å². The number of halogens is 1. The number of amides is 2. The SMILES string of the molecule is O=C(Nc1ccccc1C(=O)N1CC[NH+](Cc2ccccc2)CC1)c1ccc(F)cc1. The van der Waals surface area contributed by atoms with Crippen LogP contribution in [0.5, 0.6) is 0 Å². The molecular weight excluding hydrogens is 393 g/mol. The van der Waals surface area contributed by atoms with Crippen molar-refractivity contribution in [2.75, 3.05) is 31.5 Å². The van der Waals surface area contributed by atoms with Gasteiger partial charge in [0.2, 0.25) is 0 Å². The van der Waals surface area contributed by atoms with Crippen molar-refractivity contribution >= 4 is 17.5 Å². The smallest absolute Gasteiger partial charge is 0.256 e. The third-order valence-corrected chi connectivity index (χ3v) is 5.57. The maximum Gasteiger partial charge on any atom is 0.256 e. The summed E-state index contributed by atoms with van der Waals surface area (Å²) >= 11 is 0. The van der Waals surface area contributed by atoms with Crippen LogP contribution in [0.2, 0.25) is 0 Å². The Morgan fingerprint density at radius 1 is 0.871 bits per heavy atom. The Kier molecular flexibility index (Phi) is 6.38. The van der Waals surface area contributed by atoms with E-state index in [1.807, 2.05) is 23.1 Å². The van der Waals surface area contributed by atoms with Gasteiger partial charge in [-0.25, -0.2) is 4.39 Å². The van der Waals surface area contributed by atoms with E-state index < -0.39 is 5.82 Å². The first-order valence-corrected chi connectivity index (χ1v) is 10.4. The molecule has 1 aliphatic heterocycles. The van der Waals surface area contributed by atoms with Crippen molar-refractivity contribution in [3.05, 3.63) is 101 Å². The first kappa shape index (κ1) is 20.8. The molecule has 0 bridgehead atoms. The monoisotopic (exact) mass is 418 g/mol. The highest BCUT2D eigenvalue weighted by Gasteiger charge is 2.26. The van der Waals surface area contributed by atoms with Crippen molar-refractivity contribution in [3.8, 4) is 0 Å². The van der Waals surface area contributed by atoms with Crippen LogP contribution >= 0.6 is 0 Å². The number of hydrogen-bond acceptors (Lipinski definition) is 2. The molecule has 158 valence electrons. The zero-order chi connectivity index (χ0) is 21.6. The Morgan fingerprint density at radius 3 is 2.23 bits per heavy atom. The Balaban J connectivity index is 1.40. The van der Waals surface area contributed by atoms with E-state index in [-0.39, 0.29) is 11.8 Å². The number of piperazine rings is 1. The zero-order valence-corrected chi connectivity index (χ0v) is 17.2. The van der Waals surface area contributed by atoms with Gasteiger partial charge in [0, 0.05) is 11.1 Å². The molecule has 4 rings (SSSR count). The van der Waals surface area contributed by atoms with Crippen LogP contribution < -0.4 is 10.2 Å². The first-order valence-electron chi connectivity index (χ1n) is 10.4. The molecular formula is C25H25FN3O2+. The lowest BCUT2D eigenvalue weighted by Crippen LogP contribution is -3.13. The van der Waals surface area contributed by atoms with Crippen molar-refractivity contribution < 1.29 is 18.9 Å². The average molecular weight is 418 g/mol. The van der Waals surface area contributed by atoms with E-state index in [0.717, 1.165) is 19.6 Å². The Morgan fingerprint density at radius 2 is 1.52 bits per heavy atom. The number of nitrogens with zero attached hydrogens (tertiary/aromatic N) is 1. The summed E-state index contributed by atoms with van der Waals surface area (Å²) in [7, 11) is 0. The van der Waals surface area contributed by atoms with Crippen molar-refractivity contribution in [1.29, 1.82) is 0 Å². The number of para-hydroxylation sites is 1. The lowest BCUT2D eigenvalue weighted by molar-refractivity contribution is -0.917. The van der Waals surface area contributed by atoms with E-state index in [9.17, 15) is 14.0 Å². The second kappa shape index (κ2) is 9.53. The molecule has 0 aromatic heterocycles.